The second-order valence-electron chi connectivity index (χ2n) is 4.72. The number of hydrogen-bond donors (Lipinski definition) is 0. The van der Waals surface area contributed by atoms with Gasteiger partial charge in [0.2, 0.25) is 0 Å². The fourth-order valence-corrected chi connectivity index (χ4v) is 2.63. The number of alkyl halides is 1. The molecule has 0 amide bonds. The van der Waals surface area contributed by atoms with Gasteiger partial charge in [0.15, 0.2) is 0 Å². The Hall–Kier alpha value is 0.440. The topological polar surface area (TPSA) is 9.23 Å². The molecule has 0 aromatic rings. The summed E-state index contributed by atoms with van der Waals surface area (Å²) in [6.45, 7) is 6.53. The van der Waals surface area contributed by atoms with Crippen LogP contribution in [0.5, 0.6) is 0 Å². The second-order valence-corrected chi connectivity index (χ2v) is 5.28. The first-order chi connectivity index (χ1) is 6.18. The molecule has 1 heterocycles. The minimum absolute atomic E-state index is 0.467. The van der Waals surface area contributed by atoms with Gasteiger partial charge < -0.3 is 4.74 Å². The maximum Gasteiger partial charge on any atom is 0.0531 e. The lowest BCUT2D eigenvalue weighted by Crippen LogP contribution is -2.22. The molecule has 1 atom stereocenters. The molecule has 1 nitrogen and oxygen atoms in total. The first kappa shape index (κ1) is 11.5. The molecule has 0 N–H and O–H groups in total. The van der Waals surface area contributed by atoms with Gasteiger partial charge in [-0.1, -0.05) is 42.6 Å². The molecule has 1 fully saturated rings. The summed E-state index contributed by atoms with van der Waals surface area (Å²) in [6.07, 6.45) is 5.29. The smallest absolute Gasteiger partial charge is 0.0531 e. The Morgan fingerprint density at radius 1 is 1.46 bits per heavy atom. The van der Waals surface area contributed by atoms with E-state index in [1.807, 2.05) is 0 Å². The van der Waals surface area contributed by atoms with Crippen molar-refractivity contribution < 1.29 is 4.74 Å². The van der Waals surface area contributed by atoms with Gasteiger partial charge in [-0.2, -0.15) is 0 Å². The predicted octanol–water partition coefficient (Wildman–Crippen LogP) is 3.61. The maximum atomic E-state index is 5.48. The first-order valence-corrected chi connectivity index (χ1v) is 6.44. The van der Waals surface area contributed by atoms with E-state index in [0.29, 0.717) is 5.41 Å². The maximum absolute atomic E-state index is 5.48. The Morgan fingerprint density at radius 3 is 2.69 bits per heavy atom. The van der Waals surface area contributed by atoms with Gasteiger partial charge >= 0.3 is 0 Å². The van der Waals surface area contributed by atoms with E-state index in [4.69, 9.17) is 4.74 Å². The normalized spacial score (nSPS) is 28.6. The molecule has 0 radical (unpaired) electrons. The van der Waals surface area contributed by atoms with Gasteiger partial charge in [-0.15, -0.1) is 0 Å². The summed E-state index contributed by atoms with van der Waals surface area (Å²) in [5, 5.41) is 1.11. The third-order valence-electron chi connectivity index (χ3n) is 2.96. The molecule has 2 heteroatoms. The number of halogens is 1. The molecule has 0 aromatic heterocycles. The van der Waals surface area contributed by atoms with Gasteiger partial charge in [0.05, 0.1) is 6.61 Å². The van der Waals surface area contributed by atoms with Crippen molar-refractivity contribution in [3.05, 3.63) is 0 Å². The Bertz CT molecular complexity index is 139. The van der Waals surface area contributed by atoms with Crippen molar-refractivity contribution >= 4 is 15.9 Å². The van der Waals surface area contributed by atoms with Crippen molar-refractivity contribution in [2.45, 2.75) is 39.5 Å². The van der Waals surface area contributed by atoms with Crippen LogP contribution in [0.1, 0.15) is 39.5 Å². The van der Waals surface area contributed by atoms with E-state index in [2.05, 4.69) is 29.8 Å². The minimum Gasteiger partial charge on any atom is -0.381 e. The molecule has 1 aliphatic heterocycles. The zero-order valence-corrected chi connectivity index (χ0v) is 10.4. The number of hydrogen-bond acceptors (Lipinski definition) is 1. The highest BCUT2D eigenvalue weighted by molar-refractivity contribution is 9.09. The Kier molecular flexibility index (Phi) is 4.74. The number of rotatable bonds is 5. The van der Waals surface area contributed by atoms with Crippen LogP contribution in [0.3, 0.4) is 0 Å². The van der Waals surface area contributed by atoms with Crippen molar-refractivity contribution in [2.24, 2.45) is 11.3 Å². The quantitative estimate of drug-likeness (QED) is 0.676. The van der Waals surface area contributed by atoms with Crippen molar-refractivity contribution in [2.75, 3.05) is 18.5 Å². The lowest BCUT2D eigenvalue weighted by atomic mass is 9.83. The third kappa shape index (κ3) is 3.59. The van der Waals surface area contributed by atoms with Gasteiger partial charge in [0.1, 0.15) is 0 Å². The zero-order chi connectivity index (χ0) is 9.73. The average molecular weight is 249 g/mol. The standard InChI is InChI=1S/C11H21BrO/c1-10(2)4-3-5-11(8-12)6-7-13-9-11/h10H,3-9H2,1-2H3. The second kappa shape index (κ2) is 5.35. The monoisotopic (exact) mass is 248 g/mol. The van der Waals surface area contributed by atoms with Crippen molar-refractivity contribution in [1.29, 1.82) is 0 Å². The largest absolute Gasteiger partial charge is 0.381 e. The summed E-state index contributed by atoms with van der Waals surface area (Å²) >= 11 is 3.62. The van der Waals surface area contributed by atoms with Gasteiger partial charge in [-0.25, -0.2) is 0 Å². The van der Waals surface area contributed by atoms with Crippen LogP contribution in [-0.2, 0) is 4.74 Å². The lowest BCUT2D eigenvalue weighted by Gasteiger charge is -2.24. The molecule has 0 spiro atoms. The first-order valence-electron chi connectivity index (χ1n) is 5.32. The van der Waals surface area contributed by atoms with Crippen LogP contribution in [0.15, 0.2) is 0 Å². The third-order valence-corrected chi connectivity index (χ3v) is 4.15. The summed E-state index contributed by atoms with van der Waals surface area (Å²) < 4.78 is 5.48. The van der Waals surface area contributed by atoms with E-state index in [-0.39, 0.29) is 0 Å². The average Bonchev–Trinajstić information content (AvgIpc) is 2.53. The van der Waals surface area contributed by atoms with Gasteiger partial charge in [0, 0.05) is 17.4 Å². The molecule has 1 aliphatic rings. The molecule has 0 bridgehead atoms. The van der Waals surface area contributed by atoms with Crippen LogP contribution in [0.4, 0.5) is 0 Å². The fraction of sp³-hybridized carbons (Fsp3) is 1.00. The molecule has 1 unspecified atom stereocenters. The van der Waals surface area contributed by atoms with E-state index >= 15 is 0 Å². The van der Waals surface area contributed by atoms with Crippen LogP contribution in [0.25, 0.3) is 0 Å². The molecule has 0 aromatic carbocycles. The molecule has 0 saturated carbocycles. The highest BCUT2D eigenvalue weighted by Gasteiger charge is 2.32. The van der Waals surface area contributed by atoms with Gasteiger partial charge in [-0.05, 0) is 18.8 Å². The molecular formula is C11H21BrO. The molecule has 13 heavy (non-hydrogen) atoms. The predicted molar refractivity (Wildman–Crippen MR) is 60.4 cm³/mol. The zero-order valence-electron chi connectivity index (χ0n) is 8.81. The van der Waals surface area contributed by atoms with Crippen LogP contribution < -0.4 is 0 Å². The van der Waals surface area contributed by atoms with Crippen LogP contribution in [0, 0.1) is 11.3 Å². The SMILES string of the molecule is CC(C)CCCC1(CBr)CCOC1. The van der Waals surface area contributed by atoms with Crippen molar-refractivity contribution in [1.82, 2.24) is 0 Å². The number of ether oxygens (including phenoxy) is 1. The summed E-state index contributed by atoms with van der Waals surface area (Å²) in [6, 6.07) is 0. The van der Waals surface area contributed by atoms with E-state index in [0.717, 1.165) is 24.5 Å². The summed E-state index contributed by atoms with van der Waals surface area (Å²) in [4.78, 5) is 0. The minimum atomic E-state index is 0.467. The van der Waals surface area contributed by atoms with Crippen molar-refractivity contribution in [3.63, 3.8) is 0 Å². The van der Waals surface area contributed by atoms with Gasteiger partial charge in [0.25, 0.3) is 0 Å². The highest BCUT2D eigenvalue weighted by atomic mass is 79.9. The Balaban J connectivity index is 2.23. The molecule has 1 rings (SSSR count). The Labute approximate surface area is 90.4 Å². The highest BCUT2D eigenvalue weighted by Crippen LogP contribution is 2.36. The van der Waals surface area contributed by atoms with Crippen LogP contribution in [0.2, 0.25) is 0 Å². The molecule has 1 saturated heterocycles. The summed E-state index contributed by atoms with van der Waals surface area (Å²) in [5.41, 5.74) is 0.467. The summed E-state index contributed by atoms with van der Waals surface area (Å²) in [5.74, 6) is 0.842. The molecule has 0 aliphatic carbocycles. The fourth-order valence-electron chi connectivity index (χ4n) is 1.90. The van der Waals surface area contributed by atoms with E-state index in [1.165, 1.54) is 25.7 Å². The molecule has 78 valence electrons. The van der Waals surface area contributed by atoms with Crippen LogP contribution >= 0.6 is 15.9 Å². The van der Waals surface area contributed by atoms with E-state index in [1.54, 1.807) is 0 Å². The molecular weight excluding hydrogens is 228 g/mol. The lowest BCUT2D eigenvalue weighted by molar-refractivity contribution is 0.155. The van der Waals surface area contributed by atoms with Crippen molar-refractivity contribution in [3.8, 4) is 0 Å². The summed E-state index contributed by atoms with van der Waals surface area (Å²) in [7, 11) is 0. The van der Waals surface area contributed by atoms with Gasteiger partial charge in [-0.3, -0.25) is 0 Å². The van der Waals surface area contributed by atoms with E-state index in [9.17, 15) is 0 Å². The Morgan fingerprint density at radius 2 is 2.23 bits per heavy atom. The van der Waals surface area contributed by atoms with E-state index < -0.39 is 0 Å². The van der Waals surface area contributed by atoms with Crippen LogP contribution in [-0.4, -0.2) is 18.5 Å².